The number of rotatable bonds is 6. The van der Waals surface area contributed by atoms with Gasteiger partial charge in [-0.15, -0.1) is 0 Å². The molecule has 5 rings (SSSR count). The van der Waals surface area contributed by atoms with Gasteiger partial charge in [-0.05, 0) is 21.8 Å². The number of aromatic nitrogens is 3. The van der Waals surface area contributed by atoms with Gasteiger partial charge in [0.05, 0.1) is 6.61 Å². The number of halogens is 9. The summed E-state index contributed by atoms with van der Waals surface area (Å²) in [7, 11) is -8.84. The summed E-state index contributed by atoms with van der Waals surface area (Å²) in [5.41, 5.74) is -1.10. The van der Waals surface area contributed by atoms with Gasteiger partial charge in [0.1, 0.15) is 6.04 Å². The lowest BCUT2D eigenvalue weighted by Crippen LogP contribution is -2.67. The Kier molecular flexibility index (Phi) is 9.16. The molecule has 1 aliphatic heterocycles. The molecule has 0 saturated carbocycles. The highest BCUT2D eigenvalue weighted by molar-refractivity contribution is 6.99. The second-order valence-electron chi connectivity index (χ2n) is 11.0. The number of benzene rings is 3. The summed E-state index contributed by atoms with van der Waals surface area (Å²) in [5, 5.41) is 6.13. The molecule has 0 radical (unpaired) electrons. The maximum atomic E-state index is 14.4. The molecule has 0 aliphatic carbocycles. The van der Waals surface area contributed by atoms with Crippen LogP contribution in [0.5, 0.6) is 0 Å². The zero-order chi connectivity index (χ0) is 31.7. The standard InChI is InChI=1S/C28H27F5N3OSi.BF4/c1-28(2,3)38(19-10-6-4-7-11-19,20-12-8-5-9-13-20)37-16-18-14-15-21-34-36(17-35(18)21)27-25(32)23(30)22(29)24(31)26(27)33;2-1(3,4)5/h4-13,17-18H,14-16H2,1-3H3;/q+1;-1/t18-;/m0./s1. The fourth-order valence-electron chi connectivity index (χ4n) is 5.35. The predicted octanol–water partition coefficient (Wildman–Crippen LogP) is 6.22. The van der Waals surface area contributed by atoms with E-state index >= 15 is 0 Å². The molecule has 230 valence electrons. The summed E-state index contributed by atoms with van der Waals surface area (Å²) in [5.74, 6) is -9.60. The third-order valence-corrected chi connectivity index (χ3v) is 12.2. The third kappa shape index (κ3) is 6.52. The minimum Gasteiger partial charge on any atom is -0.418 e. The maximum absolute atomic E-state index is 14.4. The van der Waals surface area contributed by atoms with Gasteiger partial charge in [-0.1, -0.05) is 86.1 Å². The van der Waals surface area contributed by atoms with Crippen LogP contribution in [0, 0.1) is 29.1 Å². The molecule has 0 spiro atoms. The van der Waals surface area contributed by atoms with Crippen molar-refractivity contribution < 1.29 is 48.2 Å². The van der Waals surface area contributed by atoms with Crippen molar-refractivity contribution in [2.45, 2.75) is 44.7 Å². The van der Waals surface area contributed by atoms with Crippen molar-refractivity contribution in [3.05, 3.63) is 102 Å². The number of nitrogens with zero attached hydrogens (tertiary/aromatic N) is 3. The lowest BCUT2D eigenvalue weighted by Gasteiger charge is -2.43. The van der Waals surface area contributed by atoms with Gasteiger partial charge >= 0.3 is 7.25 Å². The van der Waals surface area contributed by atoms with E-state index in [1.807, 2.05) is 36.4 Å². The second kappa shape index (κ2) is 12.2. The van der Waals surface area contributed by atoms with E-state index in [1.54, 1.807) is 4.57 Å². The van der Waals surface area contributed by atoms with Gasteiger partial charge in [-0.3, -0.25) is 0 Å². The number of aryl methyl sites for hydroxylation is 1. The summed E-state index contributed by atoms with van der Waals surface area (Å²) in [6, 6.07) is 20.0. The lowest BCUT2D eigenvalue weighted by molar-refractivity contribution is -0.718. The van der Waals surface area contributed by atoms with Gasteiger partial charge in [0.15, 0.2) is 0 Å². The van der Waals surface area contributed by atoms with Crippen LogP contribution >= 0.6 is 0 Å². The van der Waals surface area contributed by atoms with Gasteiger partial charge in [-0.25, -0.2) is 17.7 Å². The number of hydrogen-bond acceptors (Lipinski definition) is 2. The minimum atomic E-state index is -6.00. The summed E-state index contributed by atoms with van der Waals surface area (Å²) in [6.07, 6.45) is 2.41. The molecule has 3 aromatic carbocycles. The van der Waals surface area contributed by atoms with Crippen molar-refractivity contribution in [1.82, 2.24) is 9.78 Å². The van der Waals surface area contributed by atoms with Crippen molar-refractivity contribution in [1.29, 1.82) is 0 Å². The highest BCUT2D eigenvalue weighted by Crippen LogP contribution is 2.37. The molecule has 0 bridgehead atoms. The van der Waals surface area contributed by atoms with Crippen LogP contribution in [-0.2, 0) is 10.8 Å². The Morgan fingerprint density at radius 2 is 1.26 bits per heavy atom. The van der Waals surface area contributed by atoms with Crippen LogP contribution in [0.25, 0.3) is 5.69 Å². The van der Waals surface area contributed by atoms with Crippen molar-refractivity contribution in [3.63, 3.8) is 0 Å². The normalized spacial score (nSPS) is 15.2. The highest BCUT2D eigenvalue weighted by Gasteiger charge is 2.51. The smallest absolute Gasteiger partial charge is 0.418 e. The maximum Gasteiger partial charge on any atom is 0.673 e. The lowest BCUT2D eigenvalue weighted by atomic mass is 10.2. The zero-order valence-electron chi connectivity index (χ0n) is 23.3. The topological polar surface area (TPSA) is 30.9 Å². The monoisotopic (exact) mass is 631 g/mol. The Bertz CT molecular complexity index is 1500. The van der Waals surface area contributed by atoms with Crippen LogP contribution in [-0.4, -0.2) is 32.0 Å². The van der Waals surface area contributed by atoms with Gasteiger partial charge in [0.25, 0.3) is 14.1 Å². The molecule has 4 nitrogen and oxygen atoms in total. The van der Waals surface area contributed by atoms with E-state index < -0.39 is 50.3 Å². The molecule has 0 N–H and O–H groups in total. The van der Waals surface area contributed by atoms with Crippen LogP contribution in [0.1, 0.15) is 39.1 Å². The molecule has 1 atom stereocenters. The Balaban J connectivity index is 0.000000782. The molecule has 4 aromatic rings. The quantitative estimate of drug-likeness (QED) is 0.0833. The van der Waals surface area contributed by atoms with Crippen LogP contribution in [0.15, 0.2) is 67.0 Å². The molecule has 1 aliphatic rings. The van der Waals surface area contributed by atoms with E-state index in [0.717, 1.165) is 15.1 Å². The average Bonchev–Trinajstić information content (AvgIpc) is 3.52. The first-order valence-corrected chi connectivity index (χ1v) is 15.1. The first-order chi connectivity index (χ1) is 20.1. The largest absolute Gasteiger partial charge is 0.673 e. The number of hydrogen-bond donors (Lipinski definition) is 0. The van der Waals surface area contributed by atoms with Crippen molar-refractivity contribution >= 4 is 25.9 Å². The third-order valence-electron chi connectivity index (χ3n) is 7.17. The molecular weight excluding hydrogens is 604 g/mol. The molecule has 15 heteroatoms. The molecule has 43 heavy (non-hydrogen) atoms. The molecular formula is C28H27BF9N3OSi. The van der Waals surface area contributed by atoms with Crippen molar-refractivity contribution in [2.24, 2.45) is 0 Å². The van der Waals surface area contributed by atoms with Crippen LogP contribution in [0.2, 0.25) is 5.04 Å². The molecule has 0 amide bonds. The van der Waals surface area contributed by atoms with E-state index in [9.17, 15) is 39.2 Å². The van der Waals surface area contributed by atoms with E-state index in [1.165, 1.54) is 6.33 Å². The average molecular weight is 631 g/mol. The molecule has 0 unspecified atom stereocenters. The predicted molar refractivity (Wildman–Crippen MR) is 145 cm³/mol. The van der Waals surface area contributed by atoms with Gasteiger partial charge < -0.3 is 21.7 Å². The van der Waals surface area contributed by atoms with Crippen LogP contribution in [0.4, 0.5) is 39.2 Å². The molecule has 1 aromatic heterocycles. The highest BCUT2D eigenvalue weighted by atomic mass is 28.4. The van der Waals surface area contributed by atoms with E-state index in [-0.39, 0.29) is 17.7 Å². The van der Waals surface area contributed by atoms with Crippen molar-refractivity contribution in [2.75, 3.05) is 6.61 Å². The van der Waals surface area contributed by atoms with Gasteiger partial charge in [0.2, 0.25) is 41.1 Å². The first-order valence-electron chi connectivity index (χ1n) is 13.2. The number of fused-ring (bicyclic) bond motifs is 1. The molecule has 2 heterocycles. The summed E-state index contributed by atoms with van der Waals surface area (Å²) in [4.78, 5) is 0. The summed E-state index contributed by atoms with van der Waals surface area (Å²) >= 11 is 0. The van der Waals surface area contributed by atoms with E-state index in [0.29, 0.717) is 18.7 Å². The first kappa shape index (κ1) is 32.3. The molecule has 0 saturated heterocycles. The fraction of sp³-hybridized carbons (Fsp3) is 0.286. The fourth-order valence-corrected chi connectivity index (χ4v) is 9.95. The summed E-state index contributed by atoms with van der Waals surface area (Å²) < 4.78 is 119. The van der Waals surface area contributed by atoms with Gasteiger partial charge in [-0.2, -0.15) is 8.78 Å². The van der Waals surface area contributed by atoms with Gasteiger partial charge in [0, 0.05) is 11.5 Å². The Hall–Kier alpha value is -3.59. The van der Waals surface area contributed by atoms with Crippen LogP contribution < -0.4 is 14.9 Å². The summed E-state index contributed by atoms with van der Waals surface area (Å²) in [6.45, 7) is 6.77. The van der Waals surface area contributed by atoms with E-state index in [4.69, 9.17) is 4.43 Å². The molecule has 0 fully saturated rings. The Morgan fingerprint density at radius 3 is 1.70 bits per heavy atom. The minimum absolute atomic E-state index is 0.235. The van der Waals surface area contributed by atoms with Crippen LogP contribution in [0.3, 0.4) is 0 Å². The Labute approximate surface area is 243 Å². The Morgan fingerprint density at radius 1 is 0.814 bits per heavy atom. The second-order valence-corrected chi connectivity index (χ2v) is 15.3. The zero-order valence-corrected chi connectivity index (χ0v) is 24.3. The van der Waals surface area contributed by atoms with E-state index in [2.05, 4.69) is 50.1 Å². The van der Waals surface area contributed by atoms with Crippen molar-refractivity contribution in [3.8, 4) is 5.69 Å². The SMILES string of the molecule is CC(C)(C)[Si](OC[C@@H]1CCc2nn(-c3c(F)c(F)c(F)c(F)c3F)c[n+]21)(c1ccccc1)c1ccccc1.F[B-](F)(F)F.